The van der Waals surface area contributed by atoms with Crippen molar-refractivity contribution in [3.63, 3.8) is 0 Å². The predicted molar refractivity (Wildman–Crippen MR) is 118 cm³/mol. The average Bonchev–Trinajstić information content (AvgIpc) is 3.34. The largest absolute Gasteiger partial charge is 0.477 e. The number of carboxylic acid groups (broad SMARTS) is 1. The number of benzene rings is 2. The van der Waals surface area contributed by atoms with Crippen LogP contribution < -0.4 is 0 Å². The number of fused-ring (bicyclic) bond motifs is 1. The van der Waals surface area contributed by atoms with Crippen LogP contribution in [-0.2, 0) is 11.3 Å². The minimum absolute atomic E-state index is 0.0720. The Balaban J connectivity index is 1.66. The van der Waals surface area contributed by atoms with Crippen LogP contribution in [0.2, 0.25) is 5.02 Å². The number of rotatable bonds is 7. The van der Waals surface area contributed by atoms with Gasteiger partial charge in [0.15, 0.2) is 0 Å². The summed E-state index contributed by atoms with van der Waals surface area (Å²) in [6.45, 7) is 4.40. The second kappa shape index (κ2) is 8.61. The molecule has 30 heavy (non-hydrogen) atoms. The molecule has 4 rings (SSSR count). The predicted octanol–water partition coefficient (Wildman–Crippen LogP) is 5.75. The lowest BCUT2D eigenvalue weighted by molar-refractivity contribution is -0.131. The number of halogens is 1. The third-order valence-electron chi connectivity index (χ3n) is 4.34. The molecule has 0 aliphatic carbocycles. The number of aromatic nitrogens is 3. The Hall–Kier alpha value is -3.29. The van der Waals surface area contributed by atoms with Gasteiger partial charge < -0.3 is 14.1 Å². The van der Waals surface area contributed by atoms with Crippen molar-refractivity contribution in [1.29, 1.82) is 0 Å². The van der Waals surface area contributed by atoms with E-state index in [-0.39, 0.29) is 10.1 Å². The van der Waals surface area contributed by atoms with E-state index in [1.165, 1.54) is 0 Å². The first-order chi connectivity index (χ1) is 14.5. The molecule has 0 saturated heterocycles. The number of allylic oxidation sites excluding steroid dienone is 1. The van der Waals surface area contributed by atoms with Gasteiger partial charge in [0.05, 0.1) is 0 Å². The van der Waals surface area contributed by atoms with Gasteiger partial charge in [-0.1, -0.05) is 35.9 Å². The summed E-state index contributed by atoms with van der Waals surface area (Å²) in [5.41, 5.74) is 2.49. The third-order valence-corrected chi connectivity index (χ3v) is 5.44. The molecule has 0 amide bonds. The molecule has 2 heterocycles. The number of carbonyl (C=O) groups is 1. The molecule has 0 bridgehead atoms. The number of hydrogen-bond donors (Lipinski definition) is 1. The molecular weight excluding hydrogens is 422 g/mol. The molecule has 150 valence electrons. The van der Waals surface area contributed by atoms with Gasteiger partial charge in [-0.25, -0.2) is 4.79 Å². The summed E-state index contributed by atoms with van der Waals surface area (Å²) < 4.78 is 7.65. The lowest BCUT2D eigenvalue weighted by Gasteiger charge is -1.99. The fourth-order valence-electron chi connectivity index (χ4n) is 3.01. The van der Waals surface area contributed by atoms with Gasteiger partial charge in [-0.2, -0.15) is 0 Å². The maximum Gasteiger partial charge on any atom is 0.342 e. The second-order valence-corrected chi connectivity index (χ2v) is 7.77. The molecule has 2 aromatic heterocycles. The molecule has 1 N–H and O–H groups in total. The first kappa shape index (κ1) is 20.0. The number of nitrogens with zero attached hydrogens (tertiary/aromatic N) is 3. The first-order valence-corrected chi connectivity index (χ1v) is 10.2. The van der Waals surface area contributed by atoms with Gasteiger partial charge in [-0.3, -0.25) is 0 Å². The van der Waals surface area contributed by atoms with Crippen molar-refractivity contribution in [1.82, 2.24) is 14.8 Å². The summed E-state index contributed by atoms with van der Waals surface area (Å²) >= 11 is 6.80. The normalized spacial score (nSPS) is 11.7. The number of aliphatic carboxylic acids is 1. The van der Waals surface area contributed by atoms with Crippen LogP contribution in [0.15, 0.2) is 81.9 Å². The van der Waals surface area contributed by atoms with E-state index in [2.05, 4.69) is 16.8 Å². The zero-order valence-electron chi connectivity index (χ0n) is 15.7. The fourth-order valence-corrected chi connectivity index (χ4v) is 3.80. The molecule has 0 aliphatic rings. The lowest BCUT2D eigenvalue weighted by Crippen LogP contribution is -1.96. The van der Waals surface area contributed by atoms with Crippen molar-refractivity contribution in [2.24, 2.45) is 0 Å². The van der Waals surface area contributed by atoms with Crippen molar-refractivity contribution < 1.29 is 14.3 Å². The van der Waals surface area contributed by atoms with E-state index in [4.69, 9.17) is 16.0 Å². The highest BCUT2D eigenvalue weighted by Crippen LogP contribution is 2.32. The zero-order valence-corrected chi connectivity index (χ0v) is 17.2. The number of carboxylic acids is 1. The highest BCUT2D eigenvalue weighted by Gasteiger charge is 2.17. The SMILES string of the molecule is C=CCn1cc(/C=C(\Sc2nnc(-c3ccc(Cl)cc3)o2)C(=O)O)c2ccccc21. The van der Waals surface area contributed by atoms with Crippen LogP contribution in [0.5, 0.6) is 0 Å². The van der Waals surface area contributed by atoms with Crippen LogP contribution in [0.25, 0.3) is 28.4 Å². The molecule has 0 unspecified atom stereocenters. The molecule has 2 aromatic carbocycles. The van der Waals surface area contributed by atoms with Gasteiger partial charge in [0.25, 0.3) is 5.22 Å². The summed E-state index contributed by atoms with van der Waals surface area (Å²) in [4.78, 5) is 11.9. The van der Waals surface area contributed by atoms with Crippen LogP contribution in [-0.4, -0.2) is 25.8 Å². The van der Waals surface area contributed by atoms with Gasteiger partial charge in [0.2, 0.25) is 5.89 Å². The topological polar surface area (TPSA) is 81.2 Å². The minimum atomic E-state index is -1.08. The van der Waals surface area contributed by atoms with Gasteiger partial charge in [0, 0.05) is 39.8 Å². The molecule has 4 aromatic rings. The molecule has 6 nitrogen and oxygen atoms in total. The van der Waals surface area contributed by atoms with Crippen molar-refractivity contribution >= 4 is 46.3 Å². The maximum atomic E-state index is 11.9. The lowest BCUT2D eigenvalue weighted by atomic mass is 10.1. The molecule has 0 fully saturated rings. The fraction of sp³-hybridized carbons (Fsp3) is 0.0455. The Bertz CT molecular complexity index is 1260. The summed E-state index contributed by atoms with van der Waals surface area (Å²) in [5, 5.41) is 19.4. The number of hydrogen-bond acceptors (Lipinski definition) is 5. The summed E-state index contributed by atoms with van der Waals surface area (Å²) in [5.74, 6) is -0.784. The van der Waals surface area contributed by atoms with Crippen LogP contribution in [0.3, 0.4) is 0 Å². The molecule has 0 spiro atoms. The smallest absolute Gasteiger partial charge is 0.342 e. The third kappa shape index (κ3) is 4.17. The molecule has 0 radical (unpaired) electrons. The van der Waals surface area contributed by atoms with E-state index < -0.39 is 5.97 Å². The van der Waals surface area contributed by atoms with Crippen molar-refractivity contribution in [2.75, 3.05) is 0 Å². The van der Waals surface area contributed by atoms with E-state index in [1.807, 2.05) is 35.0 Å². The van der Waals surface area contributed by atoms with Crippen molar-refractivity contribution in [2.45, 2.75) is 11.8 Å². The molecule has 0 saturated carbocycles. The molecular formula is C22H16ClN3O3S. The summed E-state index contributed by atoms with van der Waals surface area (Å²) in [6.07, 6.45) is 5.31. The van der Waals surface area contributed by atoms with Crippen LogP contribution in [0.4, 0.5) is 0 Å². The quantitative estimate of drug-likeness (QED) is 0.225. The summed E-state index contributed by atoms with van der Waals surface area (Å²) in [6, 6.07) is 14.8. The Morgan fingerprint density at radius 3 is 2.70 bits per heavy atom. The second-order valence-electron chi connectivity index (χ2n) is 6.34. The molecule has 8 heteroatoms. The highest BCUT2D eigenvalue weighted by molar-refractivity contribution is 8.03. The van der Waals surface area contributed by atoms with E-state index in [1.54, 1.807) is 36.4 Å². The van der Waals surface area contributed by atoms with Gasteiger partial charge >= 0.3 is 5.97 Å². The van der Waals surface area contributed by atoms with E-state index >= 15 is 0 Å². The van der Waals surface area contributed by atoms with Gasteiger partial charge in [0.1, 0.15) is 4.91 Å². The number of para-hydroxylation sites is 1. The van der Waals surface area contributed by atoms with Crippen LogP contribution in [0, 0.1) is 0 Å². The van der Waals surface area contributed by atoms with Gasteiger partial charge in [-0.05, 0) is 48.2 Å². The van der Waals surface area contributed by atoms with Crippen molar-refractivity contribution in [3.8, 4) is 11.5 Å². The highest BCUT2D eigenvalue weighted by atomic mass is 35.5. The van der Waals surface area contributed by atoms with Crippen molar-refractivity contribution in [3.05, 3.63) is 82.9 Å². The van der Waals surface area contributed by atoms with E-state index in [0.29, 0.717) is 23.0 Å². The Morgan fingerprint density at radius 1 is 1.20 bits per heavy atom. The van der Waals surface area contributed by atoms with Crippen LogP contribution >= 0.6 is 23.4 Å². The minimum Gasteiger partial charge on any atom is -0.477 e. The average molecular weight is 438 g/mol. The molecule has 0 atom stereocenters. The van der Waals surface area contributed by atoms with Crippen LogP contribution in [0.1, 0.15) is 5.56 Å². The van der Waals surface area contributed by atoms with Gasteiger partial charge in [-0.15, -0.1) is 16.8 Å². The standard InChI is InChI=1S/C22H16ClN3O3S/c1-2-11-26-13-15(17-5-3-4-6-18(17)26)12-19(21(27)28)30-22-25-24-20(29-22)14-7-9-16(23)10-8-14/h2-10,12-13H,1,11H2,(H,27,28)/b19-12-. The molecule has 0 aliphatic heterocycles. The van der Waals surface area contributed by atoms with E-state index in [9.17, 15) is 9.90 Å². The Kier molecular flexibility index (Phi) is 5.74. The first-order valence-electron chi connectivity index (χ1n) is 8.96. The maximum absolute atomic E-state index is 11.9. The monoisotopic (exact) mass is 437 g/mol. The zero-order chi connectivity index (χ0) is 21.1. The Labute approximate surface area is 181 Å². The van der Waals surface area contributed by atoms with E-state index in [0.717, 1.165) is 28.2 Å². The number of thioether (sulfide) groups is 1. The Morgan fingerprint density at radius 2 is 1.97 bits per heavy atom. The summed E-state index contributed by atoms with van der Waals surface area (Å²) in [7, 11) is 0.